The molecular weight excluding hydrogens is 194 g/mol. The summed E-state index contributed by atoms with van der Waals surface area (Å²) in [5, 5.41) is 3.11. The Balaban J connectivity index is 1.82. The van der Waals surface area contributed by atoms with E-state index in [1.54, 1.807) is 24.3 Å². The van der Waals surface area contributed by atoms with Crippen LogP contribution in [0.3, 0.4) is 0 Å². The molecule has 0 spiro atoms. The zero-order valence-electron chi connectivity index (χ0n) is 8.31. The Hall–Kier alpha value is -1.55. The van der Waals surface area contributed by atoms with Gasteiger partial charge >= 0.3 is 6.16 Å². The molecule has 1 aromatic carbocycles. The summed E-state index contributed by atoms with van der Waals surface area (Å²) in [6.45, 7) is 1.60. The number of rotatable bonds is 2. The van der Waals surface area contributed by atoms with Crippen LogP contribution in [-0.4, -0.2) is 25.3 Å². The molecule has 1 fully saturated rings. The third kappa shape index (κ3) is 2.95. The van der Waals surface area contributed by atoms with Gasteiger partial charge < -0.3 is 14.8 Å². The summed E-state index contributed by atoms with van der Waals surface area (Å²) in [7, 11) is 0. The van der Waals surface area contributed by atoms with E-state index in [2.05, 4.69) is 5.32 Å². The first-order valence-corrected chi connectivity index (χ1v) is 4.99. The molecule has 0 amide bonds. The van der Waals surface area contributed by atoms with Crippen molar-refractivity contribution in [3.63, 3.8) is 0 Å². The fraction of sp³-hybridized carbons (Fsp3) is 0.364. The molecule has 0 bridgehead atoms. The lowest BCUT2D eigenvalue weighted by Crippen LogP contribution is -2.22. The van der Waals surface area contributed by atoms with Crippen LogP contribution in [0.15, 0.2) is 30.3 Å². The predicted octanol–water partition coefficient (Wildman–Crippen LogP) is 1.56. The summed E-state index contributed by atoms with van der Waals surface area (Å²) in [4.78, 5) is 11.3. The normalized spacial score (nSPS) is 19.9. The van der Waals surface area contributed by atoms with Crippen LogP contribution in [0.25, 0.3) is 0 Å². The monoisotopic (exact) mass is 207 g/mol. The highest BCUT2D eigenvalue weighted by Crippen LogP contribution is 2.11. The number of carbonyl (C=O) groups is 1. The van der Waals surface area contributed by atoms with Crippen molar-refractivity contribution in [2.75, 3.05) is 13.1 Å². The molecule has 1 aliphatic rings. The van der Waals surface area contributed by atoms with Gasteiger partial charge in [-0.05, 0) is 25.1 Å². The molecule has 0 aliphatic carbocycles. The second-order valence-electron chi connectivity index (χ2n) is 3.40. The van der Waals surface area contributed by atoms with Gasteiger partial charge in [-0.3, -0.25) is 0 Å². The molecular formula is C11H13NO3. The fourth-order valence-electron chi connectivity index (χ4n) is 1.47. The molecule has 0 saturated carbocycles. The standard InChI is InChI=1S/C11H13NO3/c13-11(15-10-6-7-12-8-10)14-9-4-2-1-3-5-9/h1-5,10,12H,6-8H2. The number of hydrogen-bond acceptors (Lipinski definition) is 4. The minimum Gasteiger partial charge on any atom is -0.429 e. The molecule has 15 heavy (non-hydrogen) atoms. The Bertz CT molecular complexity index is 320. The minimum atomic E-state index is -0.630. The first kappa shape index (κ1) is 9.98. The van der Waals surface area contributed by atoms with Gasteiger partial charge in [-0.15, -0.1) is 0 Å². The summed E-state index contributed by atoms with van der Waals surface area (Å²) in [5.41, 5.74) is 0. The molecule has 0 radical (unpaired) electrons. The molecule has 1 saturated heterocycles. The van der Waals surface area contributed by atoms with Crippen LogP contribution in [-0.2, 0) is 4.74 Å². The van der Waals surface area contributed by atoms with Crippen LogP contribution in [0.2, 0.25) is 0 Å². The van der Waals surface area contributed by atoms with Crippen molar-refractivity contribution in [2.45, 2.75) is 12.5 Å². The maximum absolute atomic E-state index is 11.3. The van der Waals surface area contributed by atoms with Gasteiger partial charge in [0.05, 0.1) is 0 Å². The van der Waals surface area contributed by atoms with Gasteiger partial charge in [0.1, 0.15) is 11.9 Å². The second-order valence-corrected chi connectivity index (χ2v) is 3.40. The Labute approximate surface area is 88.2 Å². The number of para-hydroxylation sites is 1. The highest BCUT2D eigenvalue weighted by Gasteiger charge is 2.19. The molecule has 1 atom stereocenters. The number of nitrogens with one attached hydrogen (secondary N) is 1. The van der Waals surface area contributed by atoms with E-state index < -0.39 is 6.16 Å². The predicted molar refractivity (Wildman–Crippen MR) is 54.8 cm³/mol. The van der Waals surface area contributed by atoms with Crippen molar-refractivity contribution in [3.05, 3.63) is 30.3 Å². The average Bonchev–Trinajstić information content (AvgIpc) is 2.71. The molecule has 1 N–H and O–H groups in total. The van der Waals surface area contributed by atoms with Crippen molar-refractivity contribution in [1.82, 2.24) is 5.32 Å². The Morgan fingerprint density at radius 1 is 1.33 bits per heavy atom. The van der Waals surface area contributed by atoms with Crippen LogP contribution in [0.4, 0.5) is 4.79 Å². The van der Waals surface area contributed by atoms with Gasteiger partial charge in [0.2, 0.25) is 0 Å². The largest absolute Gasteiger partial charge is 0.514 e. The van der Waals surface area contributed by atoms with E-state index in [0.717, 1.165) is 13.0 Å². The van der Waals surface area contributed by atoms with E-state index in [1.165, 1.54) is 0 Å². The van der Waals surface area contributed by atoms with Gasteiger partial charge in [-0.2, -0.15) is 0 Å². The van der Waals surface area contributed by atoms with E-state index in [0.29, 0.717) is 12.3 Å². The number of ether oxygens (including phenoxy) is 2. The maximum Gasteiger partial charge on any atom is 0.514 e. The Morgan fingerprint density at radius 3 is 2.80 bits per heavy atom. The van der Waals surface area contributed by atoms with E-state index in [1.807, 2.05) is 6.07 Å². The summed E-state index contributed by atoms with van der Waals surface area (Å²) in [5.74, 6) is 0.508. The third-order valence-electron chi connectivity index (χ3n) is 2.22. The van der Waals surface area contributed by atoms with Gasteiger partial charge in [-0.1, -0.05) is 18.2 Å². The van der Waals surface area contributed by atoms with E-state index in [9.17, 15) is 4.79 Å². The van der Waals surface area contributed by atoms with E-state index in [-0.39, 0.29) is 6.10 Å². The minimum absolute atomic E-state index is 0.0544. The average molecular weight is 207 g/mol. The summed E-state index contributed by atoms with van der Waals surface area (Å²) in [6, 6.07) is 8.90. The lowest BCUT2D eigenvalue weighted by Gasteiger charge is -2.10. The summed E-state index contributed by atoms with van der Waals surface area (Å²) < 4.78 is 10.1. The topological polar surface area (TPSA) is 47.6 Å². The van der Waals surface area contributed by atoms with Gasteiger partial charge in [0.15, 0.2) is 0 Å². The van der Waals surface area contributed by atoms with Gasteiger partial charge in [0.25, 0.3) is 0 Å². The van der Waals surface area contributed by atoms with Crippen LogP contribution >= 0.6 is 0 Å². The van der Waals surface area contributed by atoms with Crippen LogP contribution in [0.1, 0.15) is 6.42 Å². The first-order chi connectivity index (χ1) is 7.34. The molecule has 80 valence electrons. The maximum atomic E-state index is 11.3. The molecule has 4 nitrogen and oxygen atoms in total. The Morgan fingerprint density at radius 2 is 2.13 bits per heavy atom. The highest BCUT2D eigenvalue weighted by molar-refractivity contribution is 5.63. The van der Waals surface area contributed by atoms with Crippen molar-refractivity contribution in [2.24, 2.45) is 0 Å². The van der Waals surface area contributed by atoms with Crippen molar-refractivity contribution >= 4 is 6.16 Å². The lowest BCUT2D eigenvalue weighted by atomic mass is 10.3. The smallest absolute Gasteiger partial charge is 0.429 e. The molecule has 1 aliphatic heterocycles. The van der Waals surface area contributed by atoms with Gasteiger partial charge in [-0.25, -0.2) is 4.79 Å². The van der Waals surface area contributed by atoms with Crippen LogP contribution in [0, 0.1) is 0 Å². The second kappa shape index (κ2) is 4.79. The first-order valence-electron chi connectivity index (χ1n) is 4.99. The number of hydrogen-bond donors (Lipinski definition) is 1. The van der Waals surface area contributed by atoms with Crippen molar-refractivity contribution < 1.29 is 14.3 Å². The number of benzene rings is 1. The lowest BCUT2D eigenvalue weighted by molar-refractivity contribution is 0.0663. The van der Waals surface area contributed by atoms with Crippen LogP contribution < -0.4 is 10.1 Å². The summed E-state index contributed by atoms with van der Waals surface area (Å²) >= 11 is 0. The molecule has 2 rings (SSSR count). The summed E-state index contributed by atoms with van der Waals surface area (Å²) in [6.07, 6.45) is 0.167. The zero-order chi connectivity index (χ0) is 10.5. The third-order valence-corrected chi connectivity index (χ3v) is 2.22. The quantitative estimate of drug-likeness (QED) is 0.590. The van der Waals surface area contributed by atoms with E-state index in [4.69, 9.17) is 9.47 Å². The van der Waals surface area contributed by atoms with E-state index >= 15 is 0 Å². The molecule has 4 heteroatoms. The van der Waals surface area contributed by atoms with Crippen molar-refractivity contribution in [1.29, 1.82) is 0 Å². The van der Waals surface area contributed by atoms with Crippen molar-refractivity contribution in [3.8, 4) is 5.75 Å². The molecule has 1 heterocycles. The zero-order valence-corrected chi connectivity index (χ0v) is 8.31. The number of carbonyl (C=O) groups excluding carboxylic acids is 1. The highest BCUT2D eigenvalue weighted by atomic mass is 16.7. The molecule has 1 unspecified atom stereocenters. The fourth-order valence-corrected chi connectivity index (χ4v) is 1.47. The van der Waals surface area contributed by atoms with Crippen LogP contribution in [0.5, 0.6) is 5.75 Å². The molecule has 0 aromatic heterocycles. The SMILES string of the molecule is O=C(Oc1ccccc1)OC1CCNC1. The Kier molecular flexibility index (Phi) is 3.19. The molecule has 1 aromatic rings. The van der Waals surface area contributed by atoms with Gasteiger partial charge in [0, 0.05) is 6.54 Å².